The normalized spacial score (nSPS) is 17.1. The Morgan fingerprint density at radius 3 is 2.36 bits per heavy atom. The largest absolute Gasteiger partial charge is 0.494 e. The van der Waals surface area contributed by atoms with E-state index in [0.717, 1.165) is 16.3 Å². The number of nitrogens with one attached hydrogen (secondary N) is 1. The highest BCUT2D eigenvalue weighted by atomic mass is 35.5. The highest BCUT2D eigenvalue weighted by Crippen LogP contribution is 2.30. The van der Waals surface area contributed by atoms with Crippen LogP contribution in [0.4, 0.5) is 11.4 Å². The fraction of sp³-hybridized carbons (Fsp3) is 0.222. The summed E-state index contributed by atoms with van der Waals surface area (Å²) in [6.45, 7) is 2.49. The van der Waals surface area contributed by atoms with E-state index in [9.17, 15) is 9.59 Å². The summed E-state index contributed by atoms with van der Waals surface area (Å²) in [6.07, 6.45) is 0.0657. The lowest BCUT2D eigenvalue weighted by Crippen LogP contribution is -2.34. The highest BCUT2D eigenvalue weighted by Gasteiger charge is 2.39. The molecule has 5 nitrogen and oxygen atoms in total. The van der Waals surface area contributed by atoms with Gasteiger partial charge in [-0.3, -0.25) is 9.59 Å². The number of carbonyl (C=O) groups is 2. The summed E-state index contributed by atoms with van der Waals surface area (Å²) in [6, 6.07) is 11.2. The predicted molar refractivity (Wildman–Crippen MR) is 98.6 cm³/mol. The fourth-order valence-corrected chi connectivity index (χ4v) is 3.21. The van der Waals surface area contributed by atoms with E-state index in [1.54, 1.807) is 18.2 Å². The van der Waals surface area contributed by atoms with Crippen LogP contribution < -0.4 is 15.0 Å². The van der Waals surface area contributed by atoms with Gasteiger partial charge in [0, 0.05) is 15.7 Å². The van der Waals surface area contributed by atoms with Crippen LogP contribution in [0.5, 0.6) is 5.75 Å². The Balaban J connectivity index is 1.76. The number of carbonyl (C=O) groups excluding carboxylic acids is 2. The smallest absolute Gasteiger partial charge is 0.256 e. The van der Waals surface area contributed by atoms with Crippen molar-refractivity contribution in [3.8, 4) is 5.75 Å². The summed E-state index contributed by atoms with van der Waals surface area (Å²) in [7, 11) is 0. The number of amides is 2. The van der Waals surface area contributed by atoms with Crippen LogP contribution >= 0.6 is 23.2 Å². The molecule has 2 amide bonds. The van der Waals surface area contributed by atoms with Crippen LogP contribution in [0.1, 0.15) is 13.3 Å². The van der Waals surface area contributed by atoms with E-state index in [1.807, 2.05) is 31.2 Å². The van der Waals surface area contributed by atoms with Gasteiger partial charge in [-0.05, 0) is 49.4 Å². The molecule has 1 fully saturated rings. The average molecular weight is 379 g/mol. The third-order valence-corrected chi connectivity index (χ3v) is 4.19. The molecule has 0 unspecified atom stereocenters. The Hall–Kier alpha value is -2.24. The quantitative estimate of drug-likeness (QED) is 0.794. The first-order valence-electron chi connectivity index (χ1n) is 7.80. The van der Waals surface area contributed by atoms with Gasteiger partial charge in [0.25, 0.3) is 5.91 Å². The molecule has 1 aliphatic heterocycles. The van der Waals surface area contributed by atoms with Crippen molar-refractivity contribution in [3.05, 3.63) is 52.5 Å². The molecule has 0 bridgehead atoms. The molecule has 3 rings (SSSR count). The van der Waals surface area contributed by atoms with Crippen LogP contribution in [0.25, 0.3) is 0 Å². The lowest BCUT2D eigenvalue weighted by atomic mass is 10.2. The van der Waals surface area contributed by atoms with E-state index >= 15 is 0 Å². The first kappa shape index (κ1) is 17.6. The molecule has 7 heteroatoms. The zero-order valence-electron chi connectivity index (χ0n) is 13.5. The predicted octanol–water partition coefficient (Wildman–Crippen LogP) is 4.14. The van der Waals surface area contributed by atoms with E-state index < -0.39 is 6.04 Å². The Labute approximate surface area is 155 Å². The van der Waals surface area contributed by atoms with Gasteiger partial charge < -0.3 is 10.1 Å². The van der Waals surface area contributed by atoms with E-state index in [-0.39, 0.29) is 18.2 Å². The fourth-order valence-electron chi connectivity index (χ4n) is 2.70. The molecule has 0 spiro atoms. The zero-order chi connectivity index (χ0) is 18.0. The molecule has 0 radical (unpaired) electrons. The molecule has 1 heterocycles. The van der Waals surface area contributed by atoms with Crippen LogP contribution in [0.3, 0.4) is 0 Å². The number of rotatable bonds is 5. The number of ether oxygens (including phenoxy) is 1. The number of nitrogens with zero attached hydrogens (tertiary/aromatic N) is 1. The summed E-state index contributed by atoms with van der Waals surface area (Å²) in [5.74, 6) is 0.112. The number of anilines is 2. The van der Waals surface area contributed by atoms with Crippen molar-refractivity contribution in [2.75, 3.05) is 16.8 Å². The monoisotopic (exact) mass is 378 g/mol. The van der Waals surface area contributed by atoms with Gasteiger partial charge >= 0.3 is 0 Å². The maximum atomic E-state index is 12.6. The maximum Gasteiger partial charge on any atom is 0.256 e. The van der Waals surface area contributed by atoms with Gasteiger partial charge in [-0.25, -0.2) is 4.90 Å². The number of hydrogen-bond acceptors (Lipinski definition) is 4. The molecule has 0 saturated carbocycles. The van der Waals surface area contributed by atoms with Crippen LogP contribution in [0, 0.1) is 0 Å². The molecule has 2 aromatic carbocycles. The van der Waals surface area contributed by atoms with Crippen LogP contribution in [0.15, 0.2) is 42.5 Å². The number of hydrogen-bond donors (Lipinski definition) is 1. The summed E-state index contributed by atoms with van der Waals surface area (Å²) < 4.78 is 5.38. The van der Waals surface area contributed by atoms with E-state index in [1.165, 1.54) is 0 Å². The van der Waals surface area contributed by atoms with Gasteiger partial charge in [0.05, 0.1) is 18.7 Å². The summed E-state index contributed by atoms with van der Waals surface area (Å²) >= 11 is 11.9. The van der Waals surface area contributed by atoms with E-state index in [4.69, 9.17) is 27.9 Å². The van der Waals surface area contributed by atoms with Gasteiger partial charge in [-0.1, -0.05) is 23.2 Å². The highest BCUT2D eigenvalue weighted by molar-refractivity contribution is 6.35. The second kappa shape index (κ2) is 7.33. The van der Waals surface area contributed by atoms with E-state index in [2.05, 4.69) is 5.32 Å². The minimum absolute atomic E-state index is 0.0657. The molecule has 0 aliphatic carbocycles. The summed E-state index contributed by atoms with van der Waals surface area (Å²) in [4.78, 5) is 26.1. The molecular formula is C18H16Cl2N2O3. The van der Waals surface area contributed by atoms with Gasteiger partial charge in [0.2, 0.25) is 5.91 Å². The molecule has 25 heavy (non-hydrogen) atoms. The molecule has 1 atom stereocenters. The van der Waals surface area contributed by atoms with Gasteiger partial charge in [0.15, 0.2) is 0 Å². The van der Waals surface area contributed by atoms with Crippen molar-refractivity contribution in [3.63, 3.8) is 0 Å². The number of halogens is 2. The average Bonchev–Trinajstić information content (AvgIpc) is 2.82. The third-order valence-electron chi connectivity index (χ3n) is 3.76. The molecule has 1 aliphatic rings. The van der Waals surface area contributed by atoms with Crippen molar-refractivity contribution < 1.29 is 14.3 Å². The lowest BCUT2D eigenvalue weighted by Gasteiger charge is -2.17. The van der Waals surface area contributed by atoms with Crippen molar-refractivity contribution in [2.45, 2.75) is 19.4 Å². The standard InChI is InChI=1S/C18H16Cl2N2O3/c1-2-25-15-5-3-13(4-6-15)21-16-10-17(23)22(18(16)24)14-8-11(19)7-12(20)9-14/h3-9,16,21H,2,10H2,1H3/t16-/m0/s1. The number of benzene rings is 2. The molecular weight excluding hydrogens is 363 g/mol. The van der Waals surface area contributed by atoms with Crippen molar-refractivity contribution in [1.82, 2.24) is 0 Å². The summed E-state index contributed by atoms with van der Waals surface area (Å²) in [5.41, 5.74) is 1.11. The van der Waals surface area contributed by atoms with E-state index in [0.29, 0.717) is 22.3 Å². The minimum Gasteiger partial charge on any atom is -0.494 e. The van der Waals surface area contributed by atoms with Gasteiger partial charge in [0.1, 0.15) is 11.8 Å². The molecule has 1 N–H and O–H groups in total. The Bertz CT molecular complexity index is 788. The molecule has 0 aromatic heterocycles. The second-order valence-corrected chi connectivity index (χ2v) is 6.43. The van der Waals surface area contributed by atoms with Crippen molar-refractivity contribution in [1.29, 1.82) is 0 Å². The maximum absolute atomic E-state index is 12.6. The topological polar surface area (TPSA) is 58.6 Å². The van der Waals surface area contributed by atoms with Gasteiger partial charge in [-0.2, -0.15) is 0 Å². The van der Waals surface area contributed by atoms with Crippen LogP contribution in [-0.4, -0.2) is 24.5 Å². The first-order chi connectivity index (χ1) is 12.0. The lowest BCUT2D eigenvalue weighted by molar-refractivity contribution is -0.121. The van der Waals surface area contributed by atoms with Gasteiger partial charge in [-0.15, -0.1) is 0 Å². The summed E-state index contributed by atoms with van der Waals surface area (Å²) in [5, 5.41) is 3.82. The third kappa shape index (κ3) is 3.89. The number of imide groups is 1. The Morgan fingerprint density at radius 1 is 1.12 bits per heavy atom. The minimum atomic E-state index is -0.636. The molecule has 130 valence electrons. The molecule has 2 aromatic rings. The Kier molecular flexibility index (Phi) is 5.16. The van der Waals surface area contributed by atoms with Crippen molar-refractivity contribution in [2.24, 2.45) is 0 Å². The van der Waals surface area contributed by atoms with Crippen molar-refractivity contribution >= 4 is 46.4 Å². The van der Waals surface area contributed by atoms with Crippen LogP contribution in [0.2, 0.25) is 10.0 Å². The Morgan fingerprint density at radius 2 is 1.76 bits per heavy atom. The SMILES string of the molecule is CCOc1ccc(N[C@H]2CC(=O)N(c3cc(Cl)cc(Cl)c3)C2=O)cc1. The first-order valence-corrected chi connectivity index (χ1v) is 8.56. The van der Waals surface area contributed by atoms with Crippen LogP contribution in [-0.2, 0) is 9.59 Å². The zero-order valence-corrected chi connectivity index (χ0v) is 15.0. The second-order valence-electron chi connectivity index (χ2n) is 5.55. The molecule has 1 saturated heterocycles.